The van der Waals surface area contributed by atoms with Crippen LogP contribution < -0.4 is 0 Å². The molecule has 0 radical (unpaired) electrons. The Balaban J connectivity index is 1.82. The highest BCUT2D eigenvalue weighted by molar-refractivity contribution is 4.86. The SMILES string of the molecule is C=COC(CCCCCCCCC)(OCC1CO1)C1CCCCC1. The van der Waals surface area contributed by atoms with E-state index in [1.807, 2.05) is 0 Å². The highest BCUT2D eigenvalue weighted by Gasteiger charge is 2.43. The molecule has 1 aliphatic carbocycles. The molecule has 0 aromatic heterocycles. The maximum atomic E-state index is 6.36. The molecule has 0 bridgehead atoms. The highest BCUT2D eigenvalue weighted by atomic mass is 16.7. The summed E-state index contributed by atoms with van der Waals surface area (Å²) in [5, 5.41) is 0. The Morgan fingerprint density at radius 2 is 1.71 bits per heavy atom. The van der Waals surface area contributed by atoms with Gasteiger partial charge < -0.3 is 14.2 Å². The number of hydrogen-bond acceptors (Lipinski definition) is 3. The number of ether oxygens (including phenoxy) is 3. The Kier molecular flexibility index (Phi) is 9.19. The Labute approximate surface area is 149 Å². The van der Waals surface area contributed by atoms with Gasteiger partial charge in [-0.3, -0.25) is 0 Å². The molecule has 3 heteroatoms. The van der Waals surface area contributed by atoms with E-state index >= 15 is 0 Å². The molecule has 2 rings (SSSR count). The summed E-state index contributed by atoms with van der Waals surface area (Å²) in [7, 11) is 0. The van der Waals surface area contributed by atoms with Crippen LogP contribution in [0.1, 0.15) is 90.4 Å². The van der Waals surface area contributed by atoms with Gasteiger partial charge in [0.2, 0.25) is 5.79 Å². The van der Waals surface area contributed by atoms with Crippen molar-refractivity contribution in [3.05, 3.63) is 12.8 Å². The van der Waals surface area contributed by atoms with E-state index in [2.05, 4.69) is 13.5 Å². The van der Waals surface area contributed by atoms with Crippen LogP contribution in [-0.4, -0.2) is 25.1 Å². The van der Waals surface area contributed by atoms with E-state index in [-0.39, 0.29) is 6.10 Å². The van der Waals surface area contributed by atoms with Crippen molar-refractivity contribution in [2.75, 3.05) is 13.2 Å². The van der Waals surface area contributed by atoms with Crippen molar-refractivity contribution in [1.29, 1.82) is 0 Å². The minimum absolute atomic E-state index is 0.287. The van der Waals surface area contributed by atoms with E-state index < -0.39 is 5.79 Å². The fraction of sp³-hybridized carbons (Fsp3) is 0.905. The van der Waals surface area contributed by atoms with Gasteiger partial charge in [0.15, 0.2) is 0 Å². The molecule has 0 N–H and O–H groups in total. The quantitative estimate of drug-likeness (QED) is 0.169. The summed E-state index contributed by atoms with van der Waals surface area (Å²) in [6, 6.07) is 0. The van der Waals surface area contributed by atoms with E-state index in [4.69, 9.17) is 14.2 Å². The van der Waals surface area contributed by atoms with Gasteiger partial charge in [-0.05, 0) is 19.3 Å². The topological polar surface area (TPSA) is 31.0 Å². The van der Waals surface area contributed by atoms with Crippen molar-refractivity contribution < 1.29 is 14.2 Å². The van der Waals surface area contributed by atoms with Crippen LogP contribution in [-0.2, 0) is 14.2 Å². The van der Waals surface area contributed by atoms with Gasteiger partial charge in [0, 0.05) is 12.3 Å². The third-order valence-corrected chi connectivity index (χ3v) is 5.55. The molecule has 2 atom stereocenters. The lowest BCUT2D eigenvalue weighted by atomic mass is 9.80. The minimum Gasteiger partial charge on any atom is -0.470 e. The molecule has 0 aromatic rings. The smallest absolute Gasteiger partial charge is 0.212 e. The summed E-state index contributed by atoms with van der Waals surface area (Å²) in [4.78, 5) is 0. The van der Waals surface area contributed by atoms with Gasteiger partial charge in [0.1, 0.15) is 6.10 Å². The van der Waals surface area contributed by atoms with Crippen molar-refractivity contribution in [2.24, 2.45) is 5.92 Å². The van der Waals surface area contributed by atoms with Crippen molar-refractivity contribution in [1.82, 2.24) is 0 Å². The molecular weight excluding hydrogens is 300 g/mol. The largest absolute Gasteiger partial charge is 0.470 e. The van der Waals surface area contributed by atoms with Crippen molar-refractivity contribution in [2.45, 2.75) is 102 Å². The molecule has 0 spiro atoms. The molecule has 2 aliphatic rings. The number of epoxide rings is 1. The zero-order valence-electron chi connectivity index (χ0n) is 15.8. The van der Waals surface area contributed by atoms with Gasteiger partial charge in [-0.2, -0.15) is 0 Å². The number of hydrogen-bond donors (Lipinski definition) is 0. The van der Waals surface area contributed by atoms with Gasteiger partial charge in [0.05, 0.1) is 19.5 Å². The molecule has 2 fully saturated rings. The predicted molar refractivity (Wildman–Crippen MR) is 98.9 cm³/mol. The van der Waals surface area contributed by atoms with E-state index in [1.54, 1.807) is 6.26 Å². The first-order chi connectivity index (χ1) is 11.8. The maximum Gasteiger partial charge on any atom is 0.212 e. The molecule has 140 valence electrons. The van der Waals surface area contributed by atoms with Crippen molar-refractivity contribution in [3.63, 3.8) is 0 Å². The van der Waals surface area contributed by atoms with Crippen LogP contribution in [0.4, 0.5) is 0 Å². The lowest BCUT2D eigenvalue weighted by Gasteiger charge is -2.41. The monoisotopic (exact) mass is 338 g/mol. The van der Waals surface area contributed by atoms with Crippen molar-refractivity contribution >= 4 is 0 Å². The first-order valence-corrected chi connectivity index (χ1v) is 10.3. The first-order valence-electron chi connectivity index (χ1n) is 10.3. The summed E-state index contributed by atoms with van der Waals surface area (Å²) in [6.07, 6.45) is 18.5. The highest BCUT2D eigenvalue weighted by Crippen LogP contribution is 2.40. The summed E-state index contributed by atoms with van der Waals surface area (Å²) in [5.41, 5.74) is 0. The summed E-state index contributed by atoms with van der Waals surface area (Å²) < 4.78 is 17.8. The van der Waals surface area contributed by atoms with Gasteiger partial charge in [-0.25, -0.2) is 0 Å². The Morgan fingerprint density at radius 1 is 1.04 bits per heavy atom. The lowest BCUT2D eigenvalue weighted by Crippen LogP contribution is -2.44. The third kappa shape index (κ3) is 6.76. The molecule has 1 aliphatic heterocycles. The van der Waals surface area contributed by atoms with Gasteiger partial charge >= 0.3 is 0 Å². The molecule has 0 aromatic carbocycles. The normalized spacial score (nSPS) is 23.6. The van der Waals surface area contributed by atoms with Crippen LogP contribution in [0.2, 0.25) is 0 Å². The molecule has 1 saturated heterocycles. The average molecular weight is 339 g/mol. The van der Waals surface area contributed by atoms with E-state index in [1.165, 1.54) is 77.0 Å². The Hall–Kier alpha value is -0.540. The second kappa shape index (κ2) is 11.1. The van der Waals surface area contributed by atoms with Gasteiger partial charge in [0.25, 0.3) is 0 Å². The zero-order valence-corrected chi connectivity index (χ0v) is 15.8. The first kappa shape index (κ1) is 19.8. The lowest BCUT2D eigenvalue weighted by molar-refractivity contribution is -0.251. The van der Waals surface area contributed by atoms with Crippen LogP contribution in [0.3, 0.4) is 0 Å². The maximum absolute atomic E-state index is 6.36. The zero-order chi connectivity index (χ0) is 17.1. The fourth-order valence-electron chi connectivity index (χ4n) is 3.99. The van der Waals surface area contributed by atoms with Crippen LogP contribution >= 0.6 is 0 Å². The minimum atomic E-state index is -0.461. The molecule has 3 nitrogen and oxygen atoms in total. The molecule has 24 heavy (non-hydrogen) atoms. The average Bonchev–Trinajstić information content (AvgIpc) is 3.44. The molecule has 1 saturated carbocycles. The molecule has 2 unspecified atom stereocenters. The number of unbranched alkanes of at least 4 members (excludes halogenated alkanes) is 6. The van der Waals surface area contributed by atoms with Crippen LogP contribution in [0.5, 0.6) is 0 Å². The van der Waals surface area contributed by atoms with Crippen LogP contribution in [0.25, 0.3) is 0 Å². The summed E-state index contributed by atoms with van der Waals surface area (Å²) >= 11 is 0. The second-order valence-electron chi connectivity index (χ2n) is 7.57. The van der Waals surface area contributed by atoms with E-state index in [0.29, 0.717) is 12.5 Å². The summed E-state index contributed by atoms with van der Waals surface area (Å²) in [5.74, 6) is 0.0421. The standard InChI is InChI=1S/C21H38O3/c1-3-5-6-7-8-9-13-16-21(23-4-2,24-18-20-17-22-20)19-14-11-10-12-15-19/h4,19-20H,2-3,5-18H2,1H3. The second-order valence-corrected chi connectivity index (χ2v) is 7.57. The summed E-state index contributed by atoms with van der Waals surface area (Å²) in [6.45, 7) is 7.60. The van der Waals surface area contributed by atoms with E-state index in [0.717, 1.165) is 13.0 Å². The van der Waals surface area contributed by atoms with Crippen molar-refractivity contribution in [3.8, 4) is 0 Å². The van der Waals surface area contributed by atoms with Gasteiger partial charge in [-0.15, -0.1) is 0 Å². The Bertz CT molecular complexity index is 334. The fourth-order valence-corrected chi connectivity index (χ4v) is 3.99. The number of rotatable bonds is 14. The molecular formula is C21H38O3. The predicted octanol–water partition coefficient (Wildman–Crippen LogP) is 5.98. The van der Waals surface area contributed by atoms with Crippen LogP contribution in [0.15, 0.2) is 12.8 Å². The van der Waals surface area contributed by atoms with Gasteiger partial charge in [-0.1, -0.05) is 71.3 Å². The Morgan fingerprint density at radius 3 is 2.33 bits per heavy atom. The molecule has 0 amide bonds. The third-order valence-electron chi connectivity index (χ3n) is 5.55. The van der Waals surface area contributed by atoms with Crippen LogP contribution in [0, 0.1) is 5.92 Å². The molecule has 1 heterocycles. The van der Waals surface area contributed by atoms with E-state index in [9.17, 15) is 0 Å².